The van der Waals surface area contributed by atoms with Crippen molar-refractivity contribution in [3.8, 4) is 0 Å². The molecule has 0 aliphatic carbocycles. The summed E-state index contributed by atoms with van der Waals surface area (Å²) in [4.78, 5) is 36.4. The zero-order valence-corrected chi connectivity index (χ0v) is 14.5. The quantitative estimate of drug-likeness (QED) is 0.564. The molecule has 0 saturated carbocycles. The van der Waals surface area contributed by atoms with Gasteiger partial charge in [0.15, 0.2) is 5.60 Å². The van der Waals surface area contributed by atoms with E-state index in [-0.39, 0.29) is 23.4 Å². The molecule has 1 fully saturated rings. The van der Waals surface area contributed by atoms with Gasteiger partial charge in [-0.2, -0.15) is 0 Å². The minimum atomic E-state index is -1.12. The minimum absolute atomic E-state index is 0.156. The van der Waals surface area contributed by atoms with E-state index in [2.05, 4.69) is 13.2 Å². The molecule has 6 nitrogen and oxygen atoms in total. The molecule has 132 valence electrons. The van der Waals surface area contributed by atoms with E-state index >= 15 is 0 Å². The highest BCUT2D eigenvalue weighted by atomic mass is 16.6. The minimum Gasteiger partial charge on any atom is -0.479 e. The molecule has 1 saturated heterocycles. The number of rotatable bonds is 2. The van der Waals surface area contributed by atoms with Crippen molar-refractivity contribution in [1.82, 2.24) is 0 Å². The monoisotopic (exact) mass is 344 g/mol. The summed E-state index contributed by atoms with van der Waals surface area (Å²) in [6, 6.07) is 0. The highest BCUT2D eigenvalue weighted by Crippen LogP contribution is 2.42. The van der Waals surface area contributed by atoms with Crippen molar-refractivity contribution in [2.75, 3.05) is 0 Å². The van der Waals surface area contributed by atoms with E-state index in [4.69, 9.17) is 14.2 Å². The molecule has 3 rings (SSSR count). The fourth-order valence-corrected chi connectivity index (χ4v) is 3.30. The van der Waals surface area contributed by atoms with Gasteiger partial charge in [-0.1, -0.05) is 13.2 Å². The number of ether oxygens (including phenoxy) is 3. The van der Waals surface area contributed by atoms with E-state index in [1.165, 1.54) is 6.08 Å². The zero-order valence-electron chi connectivity index (χ0n) is 14.5. The van der Waals surface area contributed by atoms with E-state index in [9.17, 15) is 14.4 Å². The summed E-state index contributed by atoms with van der Waals surface area (Å²) in [5, 5.41) is 0. The van der Waals surface area contributed by atoms with Crippen LogP contribution in [0.4, 0.5) is 0 Å². The van der Waals surface area contributed by atoms with Gasteiger partial charge in [0.25, 0.3) is 0 Å². The largest absolute Gasteiger partial charge is 0.479 e. The molecule has 6 heteroatoms. The van der Waals surface area contributed by atoms with Crippen LogP contribution in [0.2, 0.25) is 0 Å². The molecule has 0 radical (unpaired) electrons. The summed E-state index contributed by atoms with van der Waals surface area (Å²) in [5.41, 5.74) is -0.0101. The lowest BCUT2D eigenvalue weighted by molar-refractivity contribution is -0.148. The van der Waals surface area contributed by atoms with E-state index in [0.717, 1.165) is 0 Å². The van der Waals surface area contributed by atoms with Gasteiger partial charge >= 0.3 is 11.9 Å². The number of carbonyl (C=O) groups excluding carboxylic acids is 3. The average molecular weight is 344 g/mol. The highest BCUT2D eigenvalue weighted by molar-refractivity contribution is 6.00. The summed E-state index contributed by atoms with van der Waals surface area (Å²) in [6.45, 7) is 12.3. The van der Waals surface area contributed by atoms with E-state index in [1.54, 1.807) is 26.8 Å². The van der Waals surface area contributed by atoms with Crippen molar-refractivity contribution in [2.45, 2.75) is 45.0 Å². The molecule has 0 aromatic carbocycles. The molecule has 3 heterocycles. The van der Waals surface area contributed by atoms with Crippen LogP contribution in [-0.4, -0.2) is 35.5 Å². The van der Waals surface area contributed by atoms with Gasteiger partial charge in [-0.15, -0.1) is 0 Å². The number of hydrogen-bond acceptors (Lipinski definition) is 6. The van der Waals surface area contributed by atoms with Gasteiger partial charge in [-0.25, -0.2) is 9.59 Å². The highest BCUT2D eigenvalue weighted by Gasteiger charge is 2.52. The van der Waals surface area contributed by atoms with Crippen molar-refractivity contribution in [3.63, 3.8) is 0 Å². The number of hydrogen-bond donors (Lipinski definition) is 0. The summed E-state index contributed by atoms with van der Waals surface area (Å²) in [6.07, 6.45) is 1.81. The Morgan fingerprint density at radius 3 is 2.72 bits per heavy atom. The zero-order chi connectivity index (χ0) is 18.5. The predicted molar refractivity (Wildman–Crippen MR) is 88.2 cm³/mol. The third-order valence-electron chi connectivity index (χ3n) is 4.78. The van der Waals surface area contributed by atoms with Gasteiger partial charge in [-0.05, 0) is 32.4 Å². The molecular formula is C19H20O6. The van der Waals surface area contributed by atoms with Crippen molar-refractivity contribution in [3.05, 3.63) is 47.8 Å². The van der Waals surface area contributed by atoms with Crippen molar-refractivity contribution in [1.29, 1.82) is 0 Å². The van der Waals surface area contributed by atoms with Crippen molar-refractivity contribution in [2.24, 2.45) is 5.92 Å². The Morgan fingerprint density at radius 2 is 2.08 bits per heavy atom. The first kappa shape index (κ1) is 17.2. The first-order chi connectivity index (χ1) is 11.6. The fraction of sp³-hybridized carbons (Fsp3) is 0.421. The summed E-state index contributed by atoms with van der Waals surface area (Å²) >= 11 is 0. The van der Waals surface area contributed by atoms with Crippen LogP contribution in [-0.2, 0) is 28.6 Å². The molecular weight excluding hydrogens is 324 g/mol. The van der Waals surface area contributed by atoms with E-state index in [0.29, 0.717) is 11.3 Å². The first-order valence-electron chi connectivity index (χ1n) is 8.02. The molecule has 2 bridgehead atoms. The van der Waals surface area contributed by atoms with Crippen molar-refractivity contribution < 1.29 is 28.6 Å². The average Bonchev–Trinajstić information content (AvgIpc) is 2.96. The van der Waals surface area contributed by atoms with Crippen LogP contribution in [0.15, 0.2) is 47.8 Å². The van der Waals surface area contributed by atoms with Gasteiger partial charge in [-0.3, -0.25) is 4.79 Å². The molecule has 0 N–H and O–H groups in total. The first-order valence-corrected chi connectivity index (χ1v) is 8.02. The second kappa shape index (κ2) is 5.72. The van der Waals surface area contributed by atoms with E-state index < -0.39 is 35.7 Å². The normalized spacial score (nSPS) is 36.0. The molecule has 0 aromatic heterocycles. The van der Waals surface area contributed by atoms with Crippen molar-refractivity contribution >= 4 is 17.7 Å². The van der Waals surface area contributed by atoms with Gasteiger partial charge < -0.3 is 14.2 Å². The molecule has 3 aliphatic rings. The Morgan fingerprint density at radius 1 is 1.40 bits per heavy atom. The third kappa shape index (κ3) is 2.81. The predicted octanol–water partition coefficient (Wildman–Crippen LogP) is 2.16. The molecule has 25 heavy (non-hydrogen) atoms. The van der Waals surface area contributed by atoms with Crippen LogP contribution < -0.4 is 0 Å². The Kier molecular flexibility index (Phi) is 3.94. The number of carbonyl (C=O) groups is 3. The maximum atomic E-state index is 12.4. The lowest BCUT2D eigenvalue weighted by Gasteiger charge is -2.29. The SMILES string of the molecule is C=C(C)C(=O)O[C@@H]1/C=C(/C)C2=CC(=O)[C@@](C)(C[C@@H]3OC(=O)C(=C)[C@H]31)O2. The Labute approximate surface area is 145 Å². The molecule has 0 unspecified atom stereocenters. The Bertz CT molecular complexity index is 771. The molecule has 4 atom stereocenters. The second-order valence-electron chi connectivity index (χ2n) is 6.90. The molecule has 0 aromatic rings. The number of fused-ring (bicyclic) bond motifs is 3. The molecule has 3 aliphatic heterocycles. The molecule has 0 spiro atoms. The summed E-state index contributed by atoms with van der Waals surface area (Å²) in [7, 11) is 0. The van der Waals surface area contributed by atoms with Gasteiger partial charge in [0.1, 0.15) is 18.0 Å². The van der Waals surface area contributed by atoms with Gasteiger partial charge in [0.05, 0.1) is 5.92 Å². The smallest absolute Gasteiger partial charge is 0.334 e. The van der Waals surface area contributed by atoms with Crippen LogP contribution in [0, 0.1) is 5.92 Å². The number of allylic oxidation sites excluding steroid dienone is 1. The standard InChI is InChI=1S/C19H20O6/c1-9(2)17(21)23-13-6-10(3)12-7-15(20)19(5,25-12)8-14-16(13)11(4)18(22)24-14/h6-7,13-14,16H,1,4,8H2,2-3,5H3/b10-6-/t13-,14+,16+,19-/m1/s1. The maximum absolute atomic E-state index is 12.4. The van der Waals surface area contributed by atoms with Gasteiger partial charge in [0.2, 0.25) is 5.78 Å². The van der Waals surface area contributed by atoms with Crippen LogP contribution in [0.3, 0.4) is 0 Å². The molecule has 0 amide bonds. The Hall–Kier alpha value is -2.63. The summed E-state index contributed by atoms with van der Waals surface area (Å²) < 4.78 is 16.8. The fourth-order valence-electron chi connectivity index (χ4n) is 3.30. The van der Waals surface area contributed by atoms with Gasteiger partial charge in [0, 0.05) is 23.6 Å². The van der Waals surface area contributed by atoms with E-state index in [1.807, 2.05) is 0 Å². The van der Waals surface area contributed by atoms with Crippen LogP contribution in [0.5, 0.6) is 0 Å². The topological polar surface area (TPSA) is 78.9 Å². The lowest BCUT2D eigenvalue weighted by Crippen LogP contribution is -2.41. The summed E-state index contributed by atoms with van der Waals surface area (Å²) in [5.74, 6) is -1.46. The third-order valence-corrected chi connectivity index (χ3v) is 4.78. The number of esters is 2. The second-order valence-corrected chi connectivity index (χ2v) is 6.90. The van der Waals surface area contributed by atoms with Crippen LogP contribution in [0.1, 0.15) is 27.2 Å². The lowest BCUT2D eigenvalue weighted by atomic mass is 9.83. The number of ketones is 1. The Balaban J connectivity index is 2.07. The van der Waals surface area contributed by atoms with Crippen LogP contribution >= 0.6 is 0 Å². The maximum Gasteiger partial charge on any atom is 0.334 e. The van der Waals surface area contributed by atoms with Crippen LogP contribution in [0.25, 0.3) is 0 Å².